The lowest BCUT2D eigenvalue weighted by Crippen LogP contribution is -2.36. The first kappa shape index (κ1) is 16.6. The number of nitrogens with two attached hydrogens (primary N) is 1. The molecule has 1 rings (SSSR count). The second kappa shape index (κ2) is 7.37. The molecule has 0 spiro atoms. The summed E-state index contributed by atoms with van der Waals surface area (Å²) in [5, 5.41) is 2.58. The number of carbonyl (C=O) groups is 1. The van der Waals surface area contributed by atoms with Gasteiger partial charge in [-0.15, -0.1) is 0 Å². The summed E-state index contributed by atoms with van der Waals surface area (Å²) in [6, 6.07) is 5.58. The van der Waals surface area contributed by atoms with Gasteiger partial charge in [0.25, 0.3) is 0 Å². The number of para-hydroxylation sites is 1. The van der Waals surface area contributed by atoms with Gasteiger partial charge in [0, 0.05) is 0 Å². The van der Waals surface area contributed by atoms with E-state index in [2.05, 4.69) is 10.0 Å². The normalized spacial score (nSPS) is 12.9. The fourth-order valence-electron chi connectivity index (χ4n) is 1.69. The first-order valence-electron chi connectivity index (χ1n) is 6.51. The minimum Gasteiger partial charge on any atom is -0.324 e. The van der Waals surface area contributed by atoms with Gasteiger partial charge in [-0.1, -0.05) is 31.9 Å². The predicted molar refractivity (Wildman–Crippen MR) is 78.8 cm³/mol. The summed E-state index contributed by atoms with van der Waals surface area (Å²) in [5.41, 5.74) is 6.00. The van der Waals surface area contributed by atoms with Gasteiger partial charge in [-0.05, 0) is 25.6 Å². The average molecular weight is 299 g/mol. The van der Waals surface area contributed by atoms with Crippen LogP contribution in [0.4, 0.5) is 5.69 Å². The van der Waals surface area contributed by atoms with Gasteiger partial charge in [-0.2, -0.15) is 0 Å². The van der Waals surface area contributed by atoms with E-state index in [1.807, 2.05) is 6.92 Å². The maximum atomic E-state index is 11.9. The van der Waals surface area contributed by atoms with Crippen LogP contribution in [0.1, 0.15) is 26.2 Å². The average Bonchev–Trinajstić information content (AvgIpc) is 2.45. The summed E-state index contributed by atoms with van der Waals surface area (Å²) in [4.78, 5) is 12.0. The Balaban J connectivity index is 2.91. The molecule has 0 aliphatic rings. The van der Waals surface area contributed by atoms with Crippen molar-refractivity contribution < 1.29 is 13.2 Å². The molecule has 0 radical (unpaired) electrons. The van der Waals surface area contributed by atoms with Crippen LogP contribution in [0.5, 0.6) is 0 Å². The standard InChI is InChI=1S/C13H21N3O3S/c1-3-4-7-10(14)13(17)16-11-8-5-6-9-12(11)20(18,19)15-2/h5-6,8-10,15H,3-4,7,14H2,1-2H3,(H,16,17). The summed E-state index contributed by atoms with van der Waals surface area (Å²) in [6.07, 6.45) is 2.38. The van der Waals surface area contributed by atoms with E-state index in [1.54, 1.807) is 12.1 Å². The third-order valence-corrected chi connectivity index (χ3v) is 4.38. The van der Waals surface area contributed by atoms with Gasteiger partial charge in [0.15, 0.2) is 0 Å². The molecule has 0 fully saturated rings. The van der Waals surface area contributed by atoms with Crippen LogP contribution < -0.4 is 15.8 Å². The first-order chi connectivity index (χ1) is 9.42. The quantitative estimate of drug-likeness (QED) is 0.700. The fourth-order valence-corrected chi connectivity index (χ4v) is 2.58. The lowest BCUT2D eigenvalue weighted by Gasteiger charge is -2.14. The molecule has 1 amide bonds. The topological polar surface area (TPSA) is 101 Å². The molecule has 1 unspecified atom stereocenters. The van der Waals surface area contributed by atoms with E-state index in [4.69, 9.17) is 5.73 Å². The number of sulfonamides is 1. The molecule has 7 heteroatoms. The number of carbonyl (C=O) groups excluding carboxylic acids is 1. The number of unbranched alkanes of at least 4 members (excludes halogenated alkanes) is 1. The number of benzene rings is 1. The highest BCUT2D eigenvalue weighted by Gasteiger charge is 2.19. The highest BCUT2D eigenvalue weighted by Crippen LogP contribution is 2.20. The molecule has 1 aromatic carbocycles. The van der Waals surface area contributed by atoms with Crippen molar-refractivity contribution in [1.82, 2.24) is 4.72 Å². The van der Waals surface area contributed by atoms with Crippen molar-refractivity contribution in [3.8, 4) is 0 Å². The van der Waals surface area contributed by atoms with E-state index in [-0.39, 0.29) is 16.5 Å². The van der Waals surface area contributed by atoms with Crippen molar-refractivity contribution >= 4 is 21.6 Å². The number of amides is 1. The molecular weight excluding hydrogens is 278 g/mol. The molecule has 1 aromatic rings. The third-order valence-electron chi connectivity index (χ3n) is 2.91. The van der Waals surface area contributed by atoms with Crippen LogP contribution in [0.2, 0.25) is 0 Å². The molecule has 0 saturated heterocycles. The molecule has 6 nitrogen and oxygen atoms in total. The van der Waals surface area contributed by atoms with E-state index < -0.39 is 16.1 Å². The Hall–Kier alpha value is -1.44. The zero-order valence-electron chi connectivity index (χ0n) is 11.7. The summed E-state index contributed by atoms with van der Waals surface area (Å²) in [5.74, 6) is -0.378. The third kappa shape index (κ3) is 4.29. The SMILES string of the molecule is CCCCC(N)C(=O)Nc1ccccc1S(=O)(=O)NC. The van der Waals surface area contributed by atoms with E-state index >= 15 is 0 Å². The van der Waals surface area contributed by atoms with Gasteiger partial charge in [-0.3, -0.25) is 4.79 Å². The van der Waals surface area contributed by atoms with Crippen molar-refractivity contribution in [2.45, 2.75) is 37.1 Å². The lowest BCUT2D eigenvalue weighted by molar-refractivity contribution is -0.117. The monoisotopic (exact) mass is 299 g/mol. The van der Waals surface area contributed by atoms with Crippen LogP contribution in [0.25, 0.3) is 0 Å². The Labute approximate surface area is 119 Å². The summed E-state index contributed by atoms with van der Waals surface area (Å²) in [6.45, 7) is 2.01. The van der Waals surface area contributed by atoms with E-state index in [9.17, 15) is 13.2 Å². The van der Waals surface area contributed by atoms with Gasteiger partial charge >= 0.3 is 0 Å². The molecule has 0 aliphatic heterocycles. The Bertz CT molecular complexity index is 558. The minimum absolute atomic E-state index is 0.0264. The highest BCUT2D eigenvalue weighted by molar-refractivity contribution is 7.89. The van der Waals surface area contributed by atoms with Crippen LogP contribution in [0.3, 0.4) is 0 Å². The summed E-state index contributed by atoms with van der Waals surface area (Å²) < 4.78 is 25.9. The fraction of sp³-hybridized carbons (Fsp3) is 0.462. The van der Waals surface area contributed by atoms with Crippen LogP contribution in [0, 0.1) is 0 Å². The van der Waals surface area contributed by atoms with Crippen molar-refractivity contribution in [3.05, 3.63) is 24.3 Å². The Morgan fingerprint density at radius 1 is 1.35 bits per heavy atom. The van der Waals surface area contributed by atoms with Gasteiger partial charge in [0.05, 0.1) is 11.7 Å². The first-order valence-corrected chi connectivity index (χ1v) is 7.99. The van der Waals surface area contributed by atoms with Crippen LogP contribution >= 0.6 is 0 Å². The Kier molecular flexibility index (Phi) is 6.12. The number of hydrogen-bond acceptors (Lipinski definition) is 4. The Morgan fingerprint density at radius 3 is 2.60 bits per heavy atom. The minimum atomic E-state index is -3.62. The molecule has 0 bridgehead atoms. The van der Waals surface area contributed by atoms with Crippen LogP contribution in [-0.4, -0.2) is 27.4 Å². The van der Waals surface area contributed by atoms with Gasteiger partial charge in [0.2, 0.25) is 15.9 Å². The van der Waals surface area contributed by atoms with Gasteiger partial charge in [-0.25, -0.2) is 13.1 Å². The number of nitrogens with one attached hydrogen (secondary N) is 2. The van der Waals surface area contributed by atoms with Crippen molar-refractivity contribution in [1.29, 1.82) is 0 Å². The maximum absolute atomic E-state index is 11.9. The second-order valence-corrected chi connectivity index (χ2v) is 6.30. The van der Waals surface area contributed by atoms with Gasteiger partial charge < -0.3 is 11.1 Å². The molecule has 0 aromatic heterocycles. The second-order valence-electron chi connectivity index (χ2n) is 4.44. The zero-order chi connectivity index (χ0) is 15.2. The highest BCUT2D eigenvalue weighted by atomic mass is 32.2. The smallest absolute Gasteiger partial charge is 0.242 e. The molecule has 4 N–H and O–H groups in total. The van der Waals surface area contributed by atoms with Crippen LogP contribution in [0.15, 0.2) is 29.2 Å². The van der Waals surface area contributed by atoms with Crippen LogP contribution in [-0.2, 0) is 14.8 Å². The lowest BCUT2D eigenvalue weighted by atomic mass is 10.1. The van der Waals surface area contributed by atoms with E-state index in [0.717, 1.165) is 12.8 Å². The largest absolute Gasteiger partial charge is 0.324 e. The van der Waals surface area contributed by atoms with E-state index in [1.165, 1.54) is 19.2 Å². The number of anilines is 1. The van der Waals surface area contributed by atoms with Crippen molar-refractivity contribution in [2.24, 2.45) is 5.73 Å². The number of rotatable bonds is 7. The molecule has 0 saturated carbocycles. The zero-order valence-corrected chi connectivity index (χ0v) is 12.5. The Morgan fingerprint density at radius 2 is 2.00 bits per heavy atom. The molecule has 0 heterocycles. The van der Waals surface area contributed by atoms with Crippen molar-refractivity contribution in [2.75, 3.05) is 12.4 Å². The molecule has 1 atom stereocenters. The predicted octanol–water partition coefficient (Wildman–Crippen LogP) is 1.05. The summed E-state index contributed by atoms with van der Waals surface area (Å²) >= 11 is 0. The maximum Gasteiger partial charge on any atom is 0.242 e. The van der Waals surface area contributed by atoms with Gasteiger partial charge in [0.1, 0.15) is 4.90 Å². The molecular formula is C13H21N3O3S. The molecule has 0 aliphatic carbocycles. The molecule has 20 heavy (non-hydrogen) atoms. The summed E-state index contributed by atoms with van der Waals surface area (Å²) in [7, 11) is -2.30. The molecule has 112 valence electrons. The van der Waals surface area contributed by atoms with Crippen molar-refractivity contribution in [3.63, 3.8) is 0 Å². The number of hydrogen-bond donors (Lipinski definition) is 3. The van der Waals surface area contributed by atoms with E-state index in [0.29, 0.717) is 6.42 Å².